The lowest BCUT2D eigenvalue weighted by molar-refractivity contribution is -0.140. The van der Waals surface area contributed by atoms with E-state index in [9.17, 15) is 9.59 Å². The van der Waals surface area contributed by atoms with Crippen LogP contribution in [-0.2, 0) is 4.79 Å². The minimum atomic E-state index is -0.993. The van der Waals surface area contributed by atoms with Gasteiger partial charge in [-0.3, -0.25) is 4.79 Å². The van der Waals surface area contributed by atoms with Crippen LogP contribution in [0.15, 0.2) is 18.2 Å². The van der Waals surface area contributed by atoms with Gasteiger partial charge in [-0.1, -0.05) is 37.5 Å². The highest BCUT2D eigenvalue weighted by atomic mass is 16.4. The molecule has 0 unspecified atom stereocenters. The average Bonchev–Trinajstić information content (AvgIpc) is 2.33. The van der Waals surface area contributed by atoms with Crippen molar-refractivity contribution in [3.8, 4) is 0 Å². The van der Waals surface area contributed by atoms with Crippen molar-refractivity contribution in [1.82, 2.24) is 5.32 Å². The van der Waals surface area contributed by atoms with Crippen molar-refractivity contribution in [3.63, 3.8) is 0 Å². The minimum Gasteiger partial charge on any atom is -0.480 e. The van der Waals surface area contributed by atoms with Crippen molar-refractivity contribution in [3.05, 3.63) is 34.9 Å². The van der Waals surface area contributed by atoms with Gasteiger partial charge in [0.1, 0.15) is 6.04 Å². The molecule has 4 heteroatoms. The molecule has 104 valence electrons. The number of amides is 1. The SMILES string of the molecule is CC[C@H](C)[C@H](NC(=O)c1cc(C)cc(C)c1)C(=O)O. The number of carboxylic acids is 1. The van der Waals surface area contributed by atoms with Gasteiger partial charge >= 0.3 is 5.97 Å². The number of nitrogens with one attached hydrogen (secondary N) is 1. The maximum atomic E-state index is 12.1. The standard InChI is InChI=1S/C15H21NO3/c1-5-11(4)13(15(18)19)16-14(17)12-7-9(2)6-10(3)8-12/h6-8,11,13H,5H2,1-4H3,(H,16,17)(H,18,19)/t11-,13-/m0/s1. The Labute approximate surface area is 113 Å². The molecule has 2 atom stereocenters. The molecule has 0 saturated heterocycles. The maximum absolute atomic E-state index is 12.1. The molecule has 19 heavy (non-hydrogen) atoms. The highest BCUT2D eigenvalue weighted by molar-refractivity contribution is 5.97. The highest BCUT2D eigenvalue weighted by Crippen LogP contribution is 2.12. The third kappa shape index (κ3) is 4.09. The Hall–Kier alpha value is -1.84. The van der Waals surface area contributed by atoms with Gasteiger partial charge in [0.05, 0.1) is 0 Å². The second-order valence-corrected chi connectivity index (χ2v) is 5.05. The van der Waals surface area contributed by atoms with Crippen LogP contribution in [0.4, 0.5) is 0 Å². The second kappa shape index (κ2) is 6.36. The predicted octanol–water partition coefficient (Wildman–Crippen LogP) is 2.53. The van der Waals surface area contributed by atoms with Gasteiger partial charge in [-0.2, -0.15) is 0 Å². The van der Waals surface area contributed by atoms with Crippen LogP contribution in [0.25, 0.3) is 0 Å². The summed E-state index contributed by atoms with van der Waals surface area (Å²) in [5, 5.41) is 11.8. The van der Waals surface area contributed by atoms with Crippen LogP contribution < -0.4 is 5.32 Å². The lowest BCUT2D eigenvalue weighted by Crippen LogP contribution is -2.45. The van der Waals surface area contributed by atoms with Crippen molar-refractivity contribution >= 4 is 11.9 Å². The Morgan fingerprint density at radius 2 is 1.74 bits per heavy atom. The van der Waals surface area contributed by atoms with Crippen LogP contribution in [0.1, 0.15) is 41.8 Å². The molecular formula is C15H21NO3. The first kappa shape index (κ1) is 15.2. The molecule has 1 rings (SSSR count). The molecule has 1 aromatic rings. The van der Waals surface area contributed by atoms with E-state index in [1.54, 1.807) is 12.1 Å². The second-order valence-electron chi connectivity index (χ2n) is 5.05. The Bertz CT molecular complexity index is 462. The van der Waals surface area contributed by atoms with Gasteiger partial charge in [-0.15, -0.1) is 0 Å². The van der Waals surface area contributed by atoms with Gasteiger partial charge in [-0.25, -0.2) is 4.79 Å². The molecule has 0 aliphatic heterocycles. The number of carboxylic acid groups (broad SMARTS) is 1. The first-order valence-electron chi connectivity index (χ1n) is 6.47. The molecule has 1 amide bonds. The summed E-state index contributed by atoms with van der Waals surface area (Å²) in [6.07, 6.45) is 0.699. The summed E-state index contributed by atoms with van der Waals surface area (Å²) in [6, 6.07) is 4.65. The molecule has 0 radical (unpaired) electrons. The number of hydrogen-bond acceptors (Lipinski definition) is 2. The zero-order valence-electron chi connectivity index (χ0n) is 11.9. The van der Waals surface area contributed by atoms with Crippen molar-refractivity contribution in [1.29, 1.82) is 0 Å². The fourth-order valence-corrected chi connectivity index (χ4v) is 2.01. The quantitative estimate of drug-likeness (QED) is 0.858. The molecule has 2 N–H and O–H groups in total. The van der Waals surface area contributed by atoms with Gasteiger partial charge in [0.2, 0.25) is 0 Å². The smallest absolute Gasteiger partial charge is 0.326 e. The van der Waals surface area contributed by atoms with Gasteiger partial charge < -0.3 is 10.4 Å². The van der Waals surface area contributed by atoms with E-state index in [1.807, 2.05) is 33.8 Å². The predicted molar refractivity (Wildman–Crippen MR) is 74.3 cm³/mol. The third-order valence-corrected chi connectivity index (χ3v) is 3.25. The molecule has 0 saturated carbocycles. The molecule has 0 heterocycles. The lowest BCUT2D eigenvalue weighted by atomic mass is 9.98. The van der Waals surface area contributed by atoms with Crippen LogP contribution in [-0.4, -0.2) is 23.0 Å². The van der Waals surface area contributed by atoms with Crippen molar-refractivity contribution in [2.45, 2.75) is 40.2 Å². The van der Waals surface area contributed by atoms with Gasteiger partial charge in [-0.05, 0) is 31.9 Å². The number of aliphatic carboxylic acids is 1. The summed E-state index contributed by atoms with van der Waals surface area (Å²) in [5.41, 5.74) is 2.48. The Morgan fingerprint density at radius 3 is 2.16 bits per heavy atom. The first-order valence-corrected chi connectivity index (χ1v) is 6.47. The molecule has 0 bridgehead atoms. The molecular weight excluding hydrogens is 242 g/mol. The monoisotopic (exact) mass is 263 g/mol. The van der Waals surface area contributed by atoms with Crippen LogP contribution >= 0.6 is 0 Å². The van der Waals surface area contributed by atoms with E-state index < -0.39 is 12.0 Å². The number of carbonyl (C=O) groups is 2. The van der Waals surface area contributed by atoms with Crippen LogP contribution in [0, 0.1) is 19.8 Å². The molecule has 4 nitrogen and oxygen atoms in total. The van der Waals surface area contributed by atoms with E-state index in [-0.39, 0.29) is 11.8 Å². The molecule has 0 aromatic heterocycles. The number of benzene rings is 1. The van der Waals surface area contributed by atoms with E-state index in [0.717, 1.165) is 11.1 Å². The summed E-state index contributed by atoms with van der Waals surface area (Å²) in [6.45, 7) is 7.55. The number of carbonyl (C=O) groups excluding carboxylic acids is 1. The minimum absolute atomic E-state index is 0.104. The van der Waals surface area contributed by atoms with Crippen molar-refractivity contribution in [2.24, 2.45) is 5.92 Å². The summed E-state index contributed by atoms with van der Waals surface area (Å²) in [5.74, 6) is -1.43. The van der Waals surface area contributed by atoms with E-state index in [4.69, 9.17) is 5.11 Å². The van der Waals surface area contributed by atoms with Crippen molar-refractivity contribution < 1.29 is 14.7 Å². The number of aryl methyl sites for hydroxylation is 2. The van der Waals surface area contributed by atoms with E-state index in [1.165, 1.54) is 0 Å². The van der Waals surface area contributed by atoms with E-state index in [2.05, 4.69) is 5.32 Å². The molecule has 0 fully saturated rings. The number of hydrogen-bond donors (Lipinski definition) is 2. The van der Waals surface area contributed by atoms with E-state index in [0.29, 0.717) is 12.0 Å². The zero-order chi connectivity index (χ0) is 14.6. The summed E-state index contributed by atoms with van der Waals surface area (Å²) in [7, 11) is 0. The summed E-state index contributed by atoms with van der Waals surface area (Å²) in [4.78, 5) is 23.3. The van der Waals surface area contributed by atoms with Crippen LogP contribution in [0.3, 0.4) is 0 Å². The largest absolute Gasteiger partial charge is 0.480 e. The molecule has 0 spiro atoms. The maximum Gasteiger partial charge on any atom is 0.326 e. The topological polar surface area (TPSA) is 66.4 Å². The molecule has 0 aliphatic carbocycles. The fourth-order valence-electron chi connectivity index (χ4n) is 2.01. The summed E-state index contributed by atoms with van der Waals surface area (Å²) < 4.78 is 0. The average molecular weight is 263 g/mol. The van der Waals surface area contributed by atoms with Crippen LogP contribution in [0.2, 0.25) is 0 Å². The number of rotatable bonds is 5. The van der Waals surface area contributed by atoms with Gasteiger partial charge in [0, 0.05) is 5.56 Å². The summed E-state index contributed by atoms with van der Waals surface area (Å²) >= 11 is 0. The Balaban J connectivity index is 2.90. The van der Waals surface area contributed by atoms with Gasteiger partial charge in [0.25, 0.3) is 5.91 Å². The first-order chi connectivity index (χ1) is 8.85. The zero-order valence-corrected chi connectivity index (χ0v) is 11.9. The Kier molecular flexibility index (Phi) is 5.10. The normalized spacial score (nSPS) is 13.7. The molecule has 0 aliphatic rings. The van der Waals surface area contributed by atoms with Gasteiger partial charge in [0.15, 0.2) is 0 Å². The fraction of sp³-hybridized carbons (Fsp3) is 0.467. The van der Waals surface area contributed by atoms with Crippen molar-refractivity contribution in [2.75, 3.05) is 0 Å². The third-order valence-electron chi connectivity index (χ3n) is 3.25. The Morgan fingerprint density at radius 1 is 1.21 bits per heavy atom. The highest BCUT2D eigenvalue weighted by Gasteiger charge is 2.25. The van der Waals surface area contributed by atoms with E-state index >= 15 is 0 Å². The lowest BCUT2D eigenvalue weighted by Gasteiger charge is -2.20. The molecule has 1 aromatic carbocycles. The van der Waals surface area contributed by atoms with Crippen LogP contribution in [0.5, 0.6) is 0 Å².